The van der Waals surface area contributed by atoms with E-state index in [1.165, 1.54) is 0 Å². The highest BCUT2D eigenvalue weighted by atomic mass is 35.5. The number of hydrogen-bond donors (Lipinski definition) is 1. The van der Waals surface area contributed by atoms with Crippen molar-refractivity contribution in [2.45, 2.75) is 6.54 Å². The van der Waals surface area contributed by atoms with Gasteiger partial charge in [0.2, 0.25) is 0 Å². The Morgan fingerprint density at radius 2 is 2.06 bits per heavy atom. The van der Waals surface area contributed by atoms with Gasteiger partial charge in [-0.2, -0.15) is 0 Å². The van der Waals surface area contributed by atoms with Crippen molar-refractivity contribution in [3.8, 4) is 0 Å². The molecule has 0 radical (unpaired) electrons. The summed E-state index contributed by atoms with van der Waals surface area (Å²) in [6.45, 7) is 2.68. The Hall–Kier alpha value is -1.03. The van der Waals surface area contributed by atoms with Crippen molar-refractivity contribution < 1.29 is 4.42 Å². The van der Waals surface area contributed by atoms with Crippen LogP contribution >= 0.6 is 11.6 Å². The normalized spacial score (nSPS) is 11.5. The van der Waals surface area contributed by atoms with Crippen molar-refractivity contribution in [2.75, 3.05) is 27.2 Å². The maximum absolute atomic E-state index is 6.09. The van der Waals surface area contributed by atoms with Crippen LogP contribution in [0.5, 0.6) is 0 Å². The Morgan fingerprint density at radius 1 is 1.29 bits per heavy atom. The van der Waals surface area contributed by atoms with Crippen LogP contribution in [0.25, 0.3) is 11.0 Å². The summed E-state index contributed by atoms with van der Waals surface area (Å²) in [5.74, 6) is 0. The quantitative estimate of drug-likeness (QED) is 0.830. The highest BCUT2D eigenvalue weighted by Gasteiger charge is 2.10. The van der Waals surface area contributed by atoms with Crippen molar-refractivity contribution in [3.05, 3.63) is 35.0 Å². The molecule has 1 heterocycles. The van der Waals surface area contributed by atoms with E-state index in [4.69, 9.17) is 16.0 Å². The molecule has 2 rings (SSSR count). The van der Waals surface area contributed by atoms with Gasteiger partial charge in [0.15, 0.2) is 5.22 Å². The number of hydrogen-bond acceptors (Lipinski definition) is 3. The maximum Gasteiger partial charge on any atom is 0.199 e. The molecule has 0 saturated carbocycles. The van der Waals surface area contributed by atoms with E-state index in [-0.39, 0.29) is 0 Å². The molecule has 1 aromatic carbocycles. The predicted octanol–water partition coefficient (Wildman–Crippen LogP) is 2.74. The molecule has 17 heavy (non-hydrogen) atoms. The lowest BCUT2D eigenvalue weighted by molar-refractivity contribution is 0.400. The van der Waals surface area contributed by atoms with Crippen LogP contribution in [0, 0.1) is 0 Å². The van der Waals surface area contributed by atoms with Crippen LogP contribution in [0.4, 0.5) is 0 Å². The molecule has 0 aliphatic heterocycles. The lowest BCUT2D eigenvalue weighted by atomic mass is 10.2. The summed E-state index contributed by atoms with van der Waals surface area (Å²) in [6, 6.07) is 7.92. The van der Waals surface area contributed by atoms with Gasteiger partial charge in [-0.25, -0.2) is 0 Å². The molecular formula is C13H17ClN2O. The molecule has 0 bridgehead atoms. The Morgan fingerprint density at radius 3 is 2.82 bits per heavy atom. The van der Waals surface area contributed by atoms with E-state index >= 15 is 0 Å². The fourth-order valence-corrected chi connectivity index (χ4v) is 2.00. The second-order valence-electron chi connectivity index (χ2n) is 4.33. The second kappa shape index (κ2) is 5.54. The minimum Gasteiger partial charge on any atom is -0.444 e. The first-order valence-corrected chi connectivity index (χ1v) is 6.07. The van der Waals surface area contributed by atoms with Gasteiger partial charge in [0.1, 0.15) is 5.58 Å². The number of para-hydroxylation sites is 1. The number of halogens is 1. The first kappa shape index (κ1) is 12.4. The molecule has 3 nitrogen and oxygen atoms in total. The summed E-state index contributed by atoms with van der Waals surface area (Å²) < 4.78 is 5.49. The van der Waals surface area contributed by atoms with Gasteiger partial charge in [-0.05, 0) is 31.8 Å². The largest absolute Gasteiger partial charge is 0.444 e. The van der Waals surface area contributed by atoms with Gasteiger partial charge in [0, 0.05) is 30.6 Å². The van der Waals surface area contributed by atoms with E-state index < -0.39 is 0 Å². The number of nitrogens with one attached hydrogen (secondary N) is 1. The molecular weight excluding hydrogens is 236 g/mol. The second-order valence-corrected chi connectivity index (χ2v) is 4.67. The molecule has 0 atom stereocenters. The molecule has 2 aromatic rings. The average molecular weight is 253 g/mol. The topological polar surface area (TPSA) is 28.4 Å². The number of benzene rings is 1. The summed E-state index contributed by atoms with van der Waals surface area (Å²) in [6.07, 6.45) is 0. The molecule has 92 valence electrons. The van der Waals surface area contributed by atoms with Crippen LogP contribution in [0.1, 0.15) is 5.56 Å². The first-order valence-electron chi connectivity index (χ1n) is 5.70. The van der Waals surface area contributed by atoms with Gasteiger partial charge in [-0.15, -0.1) is 0 Å². The Kier molecular flexibility index (Phi) is 4.05. The molecule has 0 aliphatic rings. The van der Waals surface area contributed by atoms with Crippen molar-refractivity contribution in [2.24, 2.45) is 0 Å². The van der Waals surface area contributed by atoms with Gasteiger partial charge < -0.3 is 14.6 Å². The molecule has 0 spiro atoms. The summed E-state index contributed by atoms with van der Waals surface area (Å²) in [4.78, 5) is 2.14. The van der Waals surface area contributed by atoms with Gasteiger partial charge in [-0.3, -0.25) is 0 Å². The zero-order valence-electron chi connectivity index (χ0n) is 10.2. The van der Waals surface area contributed by atoms with E-state index in [1.807, 2.05) is 24.3 Å². The fraction of sp³-hybridized carbons (Fsp3) is 0.385. The third-order valence-electron chi connectivity index (χ3n) is 2.69. The number of rotatable bonds is 5. The van der Waals surface area contributed by atoms with Gasteiger partial charge >= 0.3 is 0 Å². The lowest BCUT2D eigenvalue weighted by Crippen LogP contribution is -2.26. The summed E-state index contributed by atoms with van der Waals surface area (Å²) >= 11 is 6.09. The Balaban J connectivity index is 2.05. The highest BCUT2D eigenvalue weighted by Crippen LogP contribution is 2.29. The van der Waals surface area contributed by atoms with Crippen LogP contribution < -0.4 is 5.32 Å². The average Bonchev–Trinajstić information content (AvgIpc) is 2.60. The van der Waals surface area contributed by atoms with E-state index in [0.29, 0.717) is 5.22 Å². The van der Waals surface area contributed by atoms with Gasteiger partial charge in [-0.1, -0.05) is 18.2 Å². The zero-order chi connectivity index (χ0) is 12.3. The molecule has 0 unspecified atom stereocenters. The standard InChI is InChI=1S/C13H17ClN2O/c1-16(2)8-7-15-9-11-10-5-3-4-6-12(10)17-13(11)14/h3-6,15H,7-9H2,1-2H3. The minimum atomic E-state index is 0.489. The van der Waals surface area contributed by atoms with E-state index in [2.05, 4.69) is 24.3 Å². The minimum absolute atomic E-state index is 0.489. The summed E-state index contributed by atoms with van der Waals surface area (Å²) in [7, 11) is 4.11. The molecule has 0 fully saturated rings. The predicted molar refractivity (Wildman–Crippen MR) is 71.5 cm³/mol. The molecule has 1 N–H and O–H groups in total. The van der Waals surface area contributed by atoms with Crippen molar-refractivity contribution >= 4 is 22.6 Å². The Bertz CT molecular complexity index is 493. The number of nitrogens with zero attached hydrogens (tertiary/aromatic N) is 1. The number of likely N-dealkylation sites (N-methyl/N-ethyl adjacent to an activating group) is 1. The zero-order valence-corrected chi connectivity index (χ0v) is 10.9. The Labute approximate surface area is 106 Å². The summed E-state index contributed by atoms with van der Waals surface area (Å²) in [5.41, 5.74) is 1.89. The van der Waals surface area contributed by atoms with Crippen LogP contribution in [-0.2, 0) is 6.54 Å². The molecule has 0 amide bonds. The monoisotopic (exact) mass is 252 g/mol. The third kappa shape index (κ3) is 3.00. The summed E-state index contributed by atoms with van der Waals surface area (Å²) in [5, 5.41) is 4.95. The number of furan rings is 1. The van der Waals surface area contributed by atoms with E-state index in [9.17, 15) is 0 Å². The molecule has 1 aromatic heterocycles. The van der Waals surface area contributed by atoms with Crippen LogP contribution in [-0.4, -0.2) is 32.1 Å². The van der Waals surface area contributed by atoms with E-state index in [1.54, 1.807) is 0 Å². The smallest absolute Gasteiger partial charge is 0.199 e. The van der Waals surface area contributed by atoms with Crippen molar-refractivity contribution in [3.63, 3.8) is 0 Å². The SMILES string of the molecule is CN(C)CCNCc1c(Cl)oc2ccccc12. The third-order valence-corrected chi connectivity index (χ3v) is 2.99. The maximum atomic E-state index is 6.09. The van der Waals surface area contributed by atoms with Gasteiger partial charge in [0.25, 0.3) is 0 Å². The van der Waals surface area contributed by atoms with Gasteiger partial charge in [0.05, 0.1) is 0 Å². The first-order chi connectivity index (χ1) is 8.18. The molecule has 4 heteroatoms. The number of fused-ring (bicyclic) bond motifs is 1. The lowest BCUT2D eigenvalue weighted by Gasteiger charge is -2.09. The molecule has 0 aliphatic carbocycles. The fourth-order valence-electron chi connectivity index (χ4n) is 1.75. The van der Waals surface area contributed by atoms with E-state index in [0.717, 1.165) is 36.2 Å². The molecule has 0 saturated heterocycles. The highest BCUT2D eigenvalue weighted by molar-refractivity contribution is 6.30. The van der Waals surface area contributed by atoms with Crippen molar-refractivity contribution in [1.29, 1.82) is 0 Å². The van der Waals surface area contributed by atoms with Crippen molar-refractivity contribution in [1.82, 2.24) is 10.2 Å². The van der Waals surface area contributed by atoms with Crippen LogP contribution in [0.3, 0.4) is 0 Å². The van der Waals surface area contributed by atoms with Crippen LogP contribution in [0.15, 0.2) is 28.7 Å². The van der Waals surface area contributed by atoms with Crippen LogP contribution in [0.2, 0.25) is 5.22 Å².